The smallest absolute Gasteiger partial charge is 0.337 e. The van der Waals surface area contributed by atoms with Gasteiger partial charge in [-0.15, -0.1) is 0 Å². The Balaban J connectivity index is 1.42. The Labute approximate surface area is 213 Å². The van der Waals surface area contributed by atoms with Gasteiger partial charge in [0, 0.05) is 36.6 Å². The van der Waals surface area contributed by atoms with E-state index in [0.29, 0.717) is 30.0 Å². The van der Waals surface area contributed by atoms with Gasteiger partial charge in [0.1, 0.15) is 24.1 Å². The first-order valence-electron chi connectivity index (χ1n) is 12.0. The first-order valence-corrected chi connectivity index (χ1v) is 12.0. The molecule has 3 heterocycles. The number of non-ortho nitro benzene ring substituents is 1. The summed E-state index contributed by atoms with van der Waals surface area (Å²) in [6, 6.07) is 10.0. The number of rotatable bonds is 5. The predicted octanol–water partition coefficient (Wildman–Crippen LogP) is 4.50. The number of nitro benzene ring substituents is 1. The Kier molecular flexibility index (Phi) is 5.69. The number of carbonyl (C=O) groups is 2. The molecule has 0 spiro atoms. The van der Waals surface area contributed by atoms with Gasteiger partial charge in [0.2, 0.25) is 0 Å². The Bertz CT molecular complexity index is 1470. The van der Waals surface area contributed by atoms with Crippen LogP contribution >= 0.6 is 0 Å². The molecule has 1 unspecified atom stereocenters. The Morgan fingerprint density at radius 3 is 2.70 bits per heavy atom. The number of nitrogens with one attached hydrogen (secondary N) is 1. The molecule has 37 heavy (non-hydrogen) atoms. The van der Waals surface area contributed by atoms with Gasteiger partial charge >= 0.3 is 5.97 Å². The maximum absolute atomic E-state index is 13.3. The van der Waals surface area contributed by atoms with E-state index in [0.717, 1.165) is 22.2 Å². The molecule has 1 atom stereocenters. The minimum atomic E-state index is -0.611. The lowest BCUT2D eigenvalue weighted by Gasteiger charge is -2.46. The van der Waals surface area contributed by atoms with Crippen LogP contribution in [0.5, 0.6) is 5.75 Å². The van der Waals surface area contributed by atoms with E-state index >= 15 is 0 Å². The molecule has 0 aliphatic carbocycles. The molecule has 0 saturated carbocycles. The van der Waals surface area contributed by atoms with Gasteiger partial charge < -0.3 is 24.3 Å². The zero-order valence-corrected chi connectivity index (χ0v) is 21.2. The number of hydrogen-bond donors (Lipinski definition) is 1. The van der Waals surface area contributed by atoms with Crippen molar-refractivity contribution in [3.8, 4) is 5.75 Å². The van der Waals surface area contributed by atoms with E-state index < -0.39 is 16.5 Å². The number of amides is 1. The SMILES string of the molecule is C=C(COc1ccc2[nH]c3c(c2c1)CCN1C(=O)c2cc([N+](=O)[O-])ccc2N(C)C31)C(=O)OC(C)(C)C. The van der Waals surface area contributed by atoms with Crippen LogP contribution in [-0.4, -0.2) is 52.5 Å². The van der Waals surface area contributed by atoms with Gasteiger partial charge in [0.05, 0.1) is 27.4 Å². The van der Waals surface area contributed by atoms with Crippen molar-refractivity contribution in [2.24, 2.45) is 0 Å². The van der Waals surface area contributed by atoms with Crippen LogP contribution in [0.15, 0.2) is 48.6 Å². The molecule has 10 heteroatoms. The van der Waals surface area contributed by atoms with E-state index in [1.165, 1.54) is 12.1 Å². The molecule has 0 saturated heterocycles. The maximum Gasteiger partial charge on any atom is 0.337 e. The Morgan fingerprint density at radius 1 is 1.24 bits per heavy atom. The second kappa shape index (κ2) is 8.65. The largest absolute Gasteiger partial charge is 0.489 e. The second-order valence-electron chi connectivity index (χ2n) is 10.3. The van der Waals surface area contributed by atoms with Gasteiger partial charge in [-0.25, -0.2) is 4.79 Å². The van der Waals surface area contributed by atoms with Crippen LogP contribution in [0.1, 0.15) is 48.6 Å². The van der Waals surface area contributed by atoms with Crippen molar-refractivity contribution in [3.63, 3.8) is 0 Å². The molecule has 1 N–H and O–H groups in total. The van der Waals surface area contributed by atoms with E-state index in [-0.39, 0.29) is 29.9 Å². The minimum absolute atomic E-state index is 0.00357. The van der Waals surface area contributed by atoms with Crippen LogP contribution in [0.25, 0.3) is 10.9 Å². The number of nitro groups is 1. The summed E-state index contributed by atoms with van der Waals surface area (Å²) in [5, 5.41) is 12.2. The van der Waals surface area contributed by atoms with Crippen LogP contribution in [0.2, 0.25) is 0 Å². The van der Waals surface area contributed by atoms with Crippen molar-refractivity contribution in [1.29, 1.82) is 0 Å². The summed E-state index contributed by atoms with van der Waals surface area (Å²) < 4.78 is 11.2. The predicted molar refractivity (Wildman–Crippen MR) is 138 cm³/mol. The highest BCUT2D eigenvalue weighted by atomic mass is 16.6. The van der Waals surface area contributed by atoms with E-state index in [9.17, 15) is 19.7 Å². The van der Waals surface area contributed by atoms with Crippen molar-refractivity contribution in [2.75, 3.05) is 25.1 Å². The quantitative estimate of drug-likeness (QED) is 0.235. The number of aromatic amines is 1. The number of nitrogens with zero attached hydrogens (tertiary/aromatic N) is 3. The number of hydrogen-bond acceptors (Lipinski definition) is 7. The molecule has 1 amide bonds. The summed E-state index contributed by atoms with van der Waals surface area (Å²) >= 11 is 0. The summed E-state index contributed by atoms with van der Waals surface area (Å²) in [5.74, 6) is -0.133. The third-order valence-corrected chi connectivity index (χ3v) is 6.60. The normalized spacial score (nSPS) is 16.6. The van der Waals surface area contributed by atoms with Crippen LogP contribution in [0.3, 0.4) is 0 Å². The van der Waals surface area contributed by atoms with Crippen molar-refractivity contribution in [2.45, 2.75) is 39.0 Å². The molecule has 5 rings (SSSR count). The van der Waals surface area contributed by atoms with Crippen molar-refractivity contribution < 1.29 is 24.0 Å². The molecule has 2 aliphatic rings. The highest BCUT2D eigenvalue weighted by Crippen LogP contribution is 2.44. The lowest BCUT2D eigenvalue weighted by molar-refractivity contribution is -0.384. The zero-order valence-electron chi connectivity index (χ0n) is 21.2. The first-order chi connectivity index (χ1) is 17.4. The number of anilines is 1. The zero-order chi connectivity index (χ0) is 26.6. The minimum Gasteiger partial charge on any atom is -0.489 e. The molecule has 10 nitrogen and oxygen atoms in total. The number of H-pyrrole nitrogens is 1. The van der Waals surface area contributed by atoms with Crippen LogP contribution < -0.4 is 9.64 Å². The number of carbonyl (C=O) groups excluding carboxylic acids is 2. The van der Waals surface area contributed by atoms with E-state index in [1.54, 1.807) is 31.7 Å². The van der Waals surface area contributed by atoms with Gasteiger partial charge in [0.15, 0.2) is 0 Å². The standard InChI is InChI=1S/C27H28N4O6/c1-15(26(33)37-27(2,3)4)14-36-17-7-8-21-19(13-17)18-10-11-30-24(23(18)28-21)29(5)22-9-6-16(31(34)35)12-20(22)25(30)32/h6-9,12-13,24,28H,1,10-11,14H2,2-5H3. The Morgan fingerprint density at radius 2 is 2.00 bits per heavy atom. The molecular formula is C27H28N4O6. The number of ether oxygens (including phenoxy) is 2. The van der Waals surface area contributed by atoms with Crippen LogP contribution in [0, 0.1) is 10.1 Å². The molecule has 3 aromatic rings. The number of benzene rings is 2. The molecule has 0 bridgehead atoms. The first kappa shape index (κ1) is 24.4. The Hall–Kier alpha value is -4.34. The van der Waals surface area contributed by atoms with Crippen LogP contribution in [0.4, 0.5) is 11.4 Å². The number of aromatic nitrogens is 1. The molecular weight excluding hydrogens is 476 g/mol. The fourth-order valence-electron chi connectivity index (χ4n) is 4.94. The van der Waals surface area contributed by atoms with E-state index in [1.807, 2.05) is 30.1 Å². The third-order valence-electron chi connectivity index (χ3n) is 6.60. The molecule has 1 aromatic heterocycles. The van der Waals surface area contributed by atoms with E-state index in [2.05, 4.69) is 11.6 Å². The average Bonchev–Trinajstić information content (AvgIpc) is 3.22. The molecule has 2 aromatic carbocycles. The van der Waals surface area contributed by atoms with E-state index in [4.69, 9.17) is 9.47 Å². The van der Waals surface area contributed by atoms with Gasteiger partial charge in [-0.3, -0.25) is 14.9 Å². The van der Waals surface area contributed by atoms with Crippen LogP contribution in [-0.2, 0) is 16.0 Å². The molecule has 2 aliphatic heterocycles. The summed E-state index contributed by atoms with van der Waals surface area (Å²) in [4.78, 5) is 43.5. The second-order valence-corrected chi connectivity index (χ2v) is 10.3. The number of esters is 1. The van der Waals surface area contributed by atoms with Gasteiger partial charge in [-0.1, -0.05) is 6.58 Å². The summed E-state index contributed by atoms with van der Waals surface area (Å²) in [6.45, 7) is 9.64. The molecule has 0 fully saturated rings. The fraction of sp³-hybridized carbons (Fsp3) is 0.333. The maximum atomic E-state index is 13.3. The molecule has 0 radical (unpaired) electrons. The van der Waals surface area contributed by atoms with Crippen molar-refractivity contribution >= 4 is 34.2 Å². The fourth-order valence-corrected chi connectivity index (χ4v) is 4.94. The highest BCUT2D eigenvalue weighted by molar-refractivity contribution is 6.03. The topological polar surface area (TPSA) is 118 Å². The summed E-state index contributed by atoms with van der Waals surface area (Å²) in [6.07, 6.45) is 0.248. The summed E-state index contributed by atoms with van der Waals surface area (Å²) in [7, 11) is 1.88. The van der Waals surface area contributed by atoms with Gasteiger partial charge in [-0.05, 0) is 57.0 Å². The summed E-state index contributed by atoms with van der Waals surface area (Å²) in [5.41, 5.74) is 3.36. The lowest BCUT2D eigenvalue weighted by Crippen LogP contribution is -2.51. The van der Waals surface area contributed by atoms with Gasteiger partial charge in [-0.2, -0.15) is 0 Å². The monoisotopic (exact) mass is 504 g/mol. The lowest BCUT2D eigenvalue weighted by atomic mass is 9.96. The number of fused-ring (bicyclic) bond motifs is 6. The highest BCUT2D eigenvalue weighted by Gasteiger charge is 2.42. The van der Waals surface area contributed by atoms with Crippen molar-refractivity contribution in [3.05, 3.63) is 75.5 Å². The van der Waals surface area contributed by atoms with Gasteiger partial charge in [0.25, 0.3) is 11.6 Å². The third kappa shape index (κ3) is 4.28. The van der Waals surface area contributed by atoms with Crippen molar-refractivity contribution in [1.82, 2.24) is 9.88 Å². The average molecular weight is 505 g/mol. The molecule has 192 valence electrons.